The largest absolute Gasteiger partial charge is 0.352 e. The highest BCUT2D eigenvalue weighted by Gasteiger charge is 2.60. The summed E-state index contributed by atoms with van der Waals surface area (Å²) in [5.41, 5.74) is 9.60. The number of benzene rings is 1. The zero-order chi connectivity index (χ0) is 16.0. The molecule has 0 aliphatic heterocycles. The molecule has 1 aliphatic rings. The number of hydrogen-bond acceptors (Lipinski definition) is 2. The van der Waals surface area contributed by atoms with Gasteiger partial charge in [0.05, 0.1) is 6.42 Å². The standard InChI is InChI=1S/C18H28N2O/c1-11-7-8-12(2)13(9-11)10-14(21)20-16-17(3,4)15(19)18(16,5)6/h7-9,15-16H,10,19H2,1-6H3,(H,20,21). The maximum Gasteiger partial charge on any atom is 0.224 e. The normalized spacial score (nSPS) is 26.0. The van der Waals surface area contributed by atoms with E-state index in [2.05, 4.69) is 65.1 Å². The summed E-state index contributed by atoms with van der Waals surface area (Å²) in [7, 11) is 0. The van der Waals surface area contributed by atoms with E-state index in [1.165, 1.54) is 11.1 Å². The number of amides is 1. The Kier molecular flexibility index (Phi) is 3.92. The Morgan fingerprint density at radius 1 is 1.19 bits per heavy atom. The number of nitrogens with two attached hydrogens (primary N) is 1. The Morgan fingerprint density at radius 3 is 2.33 bits per heavy atom. The molecule has 1 aromatic rings. The Bertz CT molecular complexity index is 544. The van der Waals surface area contributed by atoms with E-state index in [0.29, 0.717) is 6.42 Å². The quantitative estimate of drug-likeness (QED) is 0.898. The first-order chi connectivity index (χ1) is 9.56. The van der Waals surface area contributed by atoms with Crippen LogP contribution in [-0.2, 0) is 11.2 Å². The lowest BCUT2D eigenvalue weighted by molar-refractivity contribution is -0.131. The first-order valence-corrected chi connectivity index (χ1v) is 7.68. The van der Waals surface area contributed by atoms with Crippen LogP contribution >= 0.6 is 0 Å². The van der Waals surface area contributed by atoms with Crippen LogP contribution in [0.4, 0.5) is 0 Å². The van der Waals surface area contributed by atoms with Gasteiger partial charge in [0.15, 0.2) is 0 Å². The van der Waals surface area contributed by atoms with Crippen molar-refractivity contribution in [1.82, 2.24) is 5.32 Å². The Hall–Kier alpha value is -1.35. The van der Waals surface area contributed by atoms with Crippen molar-refractivity contribution in [2.45, 2.75) is 60.0 Å². The highest BCUT2D eigenvalue weighted by atomic mass is 16.1. The molecule has 0 spiro atoms. The SMILES string of the molecule is Cc1ccc(C)c(CC(=O)NC2C(C)(C)C(N)C2(C)C)c1. The van der Waals surface area contributed by atoms with Crippen molar-refractivity contribution in [3.8, 4) is 0 Å². The molecule has 21 heavy (non-hydrogen) atoms. The van der Waals surface area contributed by atoms with E-state index in [1.807, 2.05) is 0 Å². The smallest absolute Gasteiger partial charge is 0.224 e. The molecule has 1 aliphatic carbocycles. The molecule has 0 atom stereocenters. The molecule has 0 heterocycles. The second-order valence-electron chi connectivity index (χ2n) is 7.73. The maximum absolute atomic E-state index is 12.4. The number of hydrogen-bond donors (Lipinski definition) is 2. The average molecular weight is 288 g/mol. The number of rotatable bonds is 3. The summed E-state index contributed by atoms with van der Waals surface area (Å²) in [6, 6.07) is 6.48. The van der Waals surface area contributed by atoms with E-state index in [9.17, 15) is 4.79 Å². The molecule has 2 rings (SSSR count). The zero-order valence-electron chi connectivity index (χ0n) is 14.1. The van der Waals surface area contributed by atoms with Gasteiger partial charge in [0.2, 0.25) is 5.91 Å². The summed E-state index contributed by atoms with van der Waals surface area (Å²) < 4.78 is 0. The zero-order valence-corrected chi connectivity index (χ0v) is 14.1. The number of aryl methyl sites for hydroxylation is 2. The van der Waals surface area contributed by atoms with Gasteiger partial charge < -0.3 is 11.1 Å². The highest BCUT2D eigenvalue weighted by Crippen LogP contribution is 2.52. The molecule has 0 saturated heterocycles. The molecule has 116 valence electrons. The highest BCUT2D eigenvalue weighted by molar-refractivity contribution is 5.79. The van der Waals surface area contributed by atoms with Crippen LogP contribution in [0.3, 0.4) is 0 Å². The van der Waals surface area contributed by atoms with Crippen molar-refractivity contribution in [3.05, 3.63) is 34.9 Å². The van der Waals surface area contributed by atoms with Crippen molar-refractivity contribution in [3.63, 3.8) is 0 Å². The fourth-order valence-corrected chi connectivity index (χ4v) is 3.93. The predicted octanol–water partition coefficient (Wildman–Crippen LogP) is 2.72. The van der Waals surface area contributed by atoms with Crippen LogP contribution in [0.5, 0.6) is 0 Å². The van der Waals surface area contributed by atoms with E-state index >= 15 is 0 Å². The second kappa shape index (κ2) is 5.13. The fraction of sp³-hybridized carbons (Fsp3) is 0.611. The molecule has 1 saturated carbocycles. The lowest BCUT2D eigenvalue weighted by atomic mass is 9.48. The average Bonchev–Trinajstić information content (AvgIpc) is 2.39. The minimum absolute atomic E-state index is 0.0548. The molecular formula is C18H28N2O. The molecule has 1 aromatic carbocycles. The third kappa shape index (κ3) is 2.71. The third-order valence-corrected chi connectivity index (χ3v) is 5.25. The summed E-state index contributed by atoms with van der Waals surface area (Å²) in [6.07, 6.45) is 0.436. The molecule has 1 amide bonds. The molecule has 1 fully saturated rings. The van der Waals surface area contributed by atoms with E-state index < -0.39 is 0 Å². The first kappa shape index (κ1) is 16.0. The van der Waals surface area contributed by atoms with E-state index in [-0.39, 0.29) is 28.8 Å². The summed E-state index contributed by atoms with van der Waals surface area (Å²) in [4.78, 5) is 12.4. The van der Waals surface area contributed by atoms with E-state index in [4.69, 9.17) is 5.73 Å². The monoisotopic (exact) mass is 288 g/mol. The van der Waals surface area contributed by atoms with Crippen LogP contribution in [-0.4, -0.2) is 18.0 Å². The van der Waals surface area contributed by atoms with Crippen LogP contribution in [0.15, 0.2) is 18.2 Å². The molecule has 0 aromatic heterocycles. The lowest BCUT2D eigenvalue weighted by Crippen LogP contribution is -2.76. The van der Waals surface area contributed by atoms with Crippen LogP contribution in [0, 0.1) is 24.7 Å². The Morgan fingerprint density at radius 2 is 1.76 bits per heavy atom. The fourth-order valence-electron chi connectivity index (χ4n) is 3.93. The minimum Gasteiger partial charge on any atom is -0.352 e. The molecule has 0 unspecified atom stereocenters. The Labute approximate surface area is 128 Å². The van der Waals surface area contributed by atoms with Crippen LogP contribution in [0.1, 0.15) is 44.4 Å². The van der Waals surface area contributed by atoms with E-state index in [1.54, 1.807) is 0 Å². The Balaban J connectivity index is 2.07. The maximum atomic E-state index is 12.4. The topological polar surface area (TPSA) is 55.1 Å². The van der Waals surface area contributed by atoms with E-state index in [0.717, 1.165) is 5.56 Å². The van der Waals surface area contributed by atoms with Gasteiger partial charge in [0.25, 0.3) is 0 Å². The van der Waals surface area contributed by atoms with Gasteiger partial charge in [-0.25, -0.2) is 0 Å². The van der Waals surface area contributed by atoms with Gasteiger partial charge in [-0.05, 0) is 25.0 Å². The minimum atomic E-state index is -0.0548. The van der Waals surface area contributed by atoms with Gasteiger partial charge >= 0.3 is 0 Å². The number of carbonyl (C=O) groups excluding carboxylic acids is 1. The first-order valence-electron chi connectivity index (χ1n) is 7.68. The van der Waals surface area contributed by atoms with Crippen molar-refractivity contribution in [2.75, 3.05) is 0 Å². The van der Waals surface area contributed by atoms with Gasteiger partial charge in [0, 0.05) is 22.9 Å². The van der Waals surface area contributed by atoms with Crippen molar-refractivity contribution in [2.24, 2.45) is 16.6 Å². The van der Waals surface area contributed by atoms with Gasteiger partial charge in [-0.2, -0.15) is 0 Å². The molecular weight excluding hydrogens is 260 g/mol. The van der Waals surface area contributed by atoms with Crippen LogP contribution in [0.25, 0.3) is 0 Å². The van der Waals surface area contributed by atoms with Crippen LogP contribution in [0.2, 0.25) is 0 Å². The van der Waals surface area contributed by atoms with Gasteiger partial charge in [-0.1, -0.05) is 51.5 Å². The summed E-state index contributed by atoms with van der Waals surface area (Å²) in [5, 5.41) is 3.20. The molecule has 0 radical (unpaired) electrons. The van der Waals surface area contributed by atoms with Crippen molar-refractivity contribution in [1.29, 1.82) is 0 Å². The summed E-state index contributed by atoms with van der Waals surface area (Å²) >= 11 is 0. The van der Waals surface area contributed by atoms with Gasteiger partial charge in [-0.3, -0.25) is 4.79 Å². The molecule has 3 heteroatoms. The van der Waals surface area contributed by atoms with Crippen molar-refractivity contribution < 1.29 is 4.79 Å². The summed E-state index contributed by atoms with van der Waals surface area (Å²) in [6.45, 7) is 12.6. The lowest BCUT2D eigenvalue weighted by Gasteiger charge is -2.62. The second-order valence-corrected chi connectivity index (χ2v) is 7.73. The number of nitrogens with one attached hydrogen (secondary N) is 1. The number of carbonyl (C=O) groups is 1. The molecule has 3 nitrogen and oxygen atoms in total. The molecule has 3 N–H and O–H groups in total. The van der Waals surface area contributed by atoms with Crippen LogP contribution < -0.4 is 11.1 Å². The van der Waals surface area contributed by atoms with Gasteiger partial charge in [-0.15, -0.1) is 0 Å². The van der Waals surface area contributed by atoms with Gasteiger partial charge in [0.1, 0.15) is 0 Å². The molecule has 0 bridgehead atoms. The van der Waals surface area contributed by atoms with Crippen molar-refractivity contribution >= 4 is 5.91 Å². The summed E-state index contributed by atoms with van der Waals surface area (Å²) in [5.74, 6) is 0.0850. The predicted molar refractivity (Wildman–Crippen MR) is 87.1 cm³/mol. The third-order valence-electron chi connectivity index (χ3n) is 5.25.